The van der Waals surface area contributed by atoms with Gasteiger partial charge in [0, 0.05) is 38.5 Å². The van der Waals surface area contributed by atoms with Crippen molar-refractivity contribution in [3.8, 4) is 5.82 Å². The van der Waals surface area contributed by atoms with Gasteiger partial charge in [-0.2, -0.15) is 6.07 Å². The van der Waals surface area contributed by atoms with E-state index in [1.54, 1.807) is 0 Å². The summed E-state index contributed by atoms with van der Waals surface area (Å²) in [5.41, 5.74) is 12.4. The molecule has 0 spiro atoms. The molecule has 0 fully saturated rings. The Kier molecular flexibility index (Phi) is 11.2. The third-order valence-corrected chi connectivity index (χ3v) is 11.2. The summed E-state index contributed by atoms with van der Waals surface area (Å²) in [6.07, 6.45) is 6.21. The Labute approximate surface area is 363 Å². The Morgan fingerprint density at radius 1 is 0.517 bits per heavy atom. The number of nitrogens with one attached hydrogen (secondary N) is 1. The van der Waals surface area contributed by atoms with E-state index in [1.165, 1.54) is 33.2 Å². The van der Waals surface area contributed by atoms with Crippen LogP contribution >= 0.6 is 0 Å². The maximum absolute atomic E-state index is 4.95. The first kappa shape index (κ1) is 43.2. The predicted octanol–water partition coefficient (Wildman–Crippen LogP) is 13.9. The zero-order valence-electron chi connectivity index (χ0n) is 37.3. The largest absolute Gasteiger partial charge is 0.500 e. The van der Waals surface area contributed by atoms with Crippen molar-refractivity contribution in [3.05, 3.63) is 138 Å². The van der Waals surface area contributed by atoms with Crippen molar-refractivity contribution in [2.45, 2.75) is 131 Å². The second-order valence-corrected chi connectivity index (χ2v) is 21.1. The van der Waals surface area contributed by atoms with E-state index in [2.05, 4.69) is 228 Å². The van der Waals surface area contributed by atoms with E-state index in [0.29, 0.717) is 0 Å². The van der Waals surface area contributed by atoms with Crippen molar-refractivity contribution in [1.82, 2.24) is 9.55 Å². The fourth-order valence-corrected chi connectivity index (χ4v) is 7.34. The van der Waals surface area contributed by atoms with Crippen LogP contribution in [-0.2, 0) is 48.1 Å². The molecule has 58 heavy (non-hydrogen) atoms. The first-order chi connectivity index (χ1) is 26.4. The van der Waals surface area contributed by atoms with Crippen molar-refractivity contribution < 1.29 is 21.1 Å². The Hall–Kier alpha value is -4.34. The second kappa shape index (κ2) is 15.0. The van der Waals surface area contributed by atoms with E-state index < -0.39 is 0 Å². The van der Waals surface area contributed by atoms with Crippen molar-refractivity contribution in [2.24, 2.45) is 0 Å². The number of rotatable bonds is 5. The standard InChI is InChI=1S/C52H62N5.Pt/c1-48(2,3)34-16-18-43-44-19-17-39(32-46(44)57(45(43)29-34)47-30-35(20-21-53-47)49(4,5)6)54-40-25-38(52(13,14)15)28-42(31-40)56-23-22-55(33-56)41-26-36(50(7,8)9)24-37(27-41)51(10,11)12;/h16-30,33,54H,1-15H3;/q-3;. The molecule has 308 valence electrons. The van der Waals surface area contributed by atoms with Crippen LogP contribution in [0.5, 0.6) is 0 Å². The molecule has 6 heteroatoms. The van der Waals surface area contributed by atoms with Crippen molar-refractivity contribution in [3.63, 3.8) is 0 Å². The van der Waals surface area contributed by atoms with Gasteiger partial charge in [0.05, 0.1) is 0 Å². The molecule has 4 aromatic carbocycles. The molecule has 3 heterocycles. The third-order valence-electron chi connectivity index (χ3n) is 11.2. The fourth-order valence-electron chi connectivity index (χ4n) is 7.34. The van der Waals surface area contributed by atoms with Crippen molar-refractivity contribution in [2.75, 3.05) is 15.1 Å². The van der Waals surface area contributed by atoms with Crippen LogP contribution in [0.25, 0.3) is 27.6 Å². The molecule has 0 radical (unpaired) electrons. The first-order valence-electron chi connectivity index (χ1n) is 20.5. The fraction of sp³-hybridized carbons (Fsp3) is 0.385. The number of anilines is 4. The molecule has 1 aliphatic heterocycles. The summed E-state index contributed by atoms with van der Waals surface area (Å²) in [7, 11) is 0. The topological polar surface area (TPSA) is 36.3 Å². The van der Waals surface area contributed by atoms with E-state index in [4.69, 9.17) is 4.98 Å². The number of nitrogens with zero attached hydrogens (tertiary/aromatic N) is 4. The van der Waals surface area contributed by atoms with Crippen LogP contribution in [0.1, 0.15) is 132 Å². The summed E-state index contributed by atoms with van der Waals surface area (Å²) in [6, 6.07) is 34.6. The molecular weight excluding hydrogens is 890 g/mol. The zero-order chi connectivity index (χ0) is 41.5. The molecule has 0 atom stereocenters. The molecular formula is C52H62N5Pt-3. The van der Waals surface area contributed by atoms with Crippen molar-refractivity contribution in [1.29, 1.82) is 0 Å². The monoisotopic (exact) mass is 951 g/mol. The van der Waals surface area contributed by atoms with Crippen LogP contribution < -0.4 is 15.1 Å². The van der Waals surface area contributed by atoms with E-state index in [0.717, 1.165) is 45.0 Å². The Bertz CT molecular complexity index is 2470. The van der Waals surface area contributed by atoms with E-state index in [-0.39, 0.29) is 48.1 Å². The maximum Gasteiger partial charge on any atom is 0.135 e. The minimum absolute atomic E-state index is 0. The summed E-state index contributed by atoms with van der Waals surface area (Å²) in [5, 5.41) is 6.07. The summed E-state index contributed by atoms with van der Waals surface area (Å²) in [4.78, 5) is 9.35. The summed E-state index contributed by atoms with van der Waals surface area (Å²) < 4.78 is 2.29. The zero-order valence-corrected chi connectivity index (χ0v) is 39.6. The van der Waals surface area contributed by atoms with Gasteiger partial charge < -0.3 is 19.7 Å². The molecule has 1 N–H and O–H groups in total. The van der Waals surface area contributed by atoms with Gasteiger partial charge >= 0.3 is 0 Å². The smallest absolute Gasteiger partial charge is 0.135 e. The first-order valence-corrected chi connectivity index (χ1v) is 20.5. The van der Waals surface area contributed by atoms with Gasteiger partial charge in [0.1, 0.15) is 5.82 Å². The predicted molar refractivity (Wildman–Crippen MR) is 244 cm³/mol. The molecule has 0 amide bonds. The summed E-state index contributed by atoms with van der Waals surface area (Å²) in [5.74, 6) is 0.897. The third kappa shape index (κ3) is 8.81. The number of aromatic nitrogens is 2. The van der Waals surface area contributed by atoms with Gasteiger partial charge in [0.15, 0.2) is 0 Å². The van der Waals surface area contributed by atoms with Crippen LogP contribution in [0.4, 0.5) is 22.7 Å². The van der Waals surface area contributed by atoms with E-state index in [1.807, 2.05) is 6.20 Å². The van der Waals surface area contributed by atoms with Crippen LogP contribution in [0, 0.1) is 18.8 Å². The Balaban J connectivity index is 0.00000567. The summed E-state index contributed by atoms with van der Waals surface area (Å²) >= 11 is 0. The number of benzene rings is 4. The minimum atomic E-state index is -0.0827. The SMILES string of the molecule is CC(C)(C)c1cc(Nc2[c-]c3c(cc2)c2ccc(C(C)(C)C)cc2n3-c2cc(C(C)(C)C)ccn2)[c-]c(N2C=CN(c3cc(C(C)(C)C)cc(C(C)(C)C)c3)[CH-]2)c1.[Pt]. The van der Waals surface area contributed by atoms with Gasteiger partial charge in [0.25, 0.3) is 0 Å². The Morgan fingerprint density at radius 3 is 1.67 bits per heavy atom. The normalized spacial score (nSPS) is 14.1. The van der Waals surface area contributed by atoms with Gasteiger partial charge in [-0.25, -0.2) is 4.98 Å². The molecule has 2 aromatic heterocycles. The molecule has 0 unspecified atom stereocenters. The van der Waals surface area contributed by atoms with Gasteiger partial charge in [-0.3, -0.25) is 0 Å². The molecule has 6 aromatic rings. The van der Waals surface area contributed by atoms with Gasteiger partial charge in [-0.15, -0.1) is 53.6 Å². The van der Waals surface area contributed by atoms with E-state index >= 15 is 0 Å². The molecule has 0 saturated carbocycles. The number of fused-ring (bicyclic) bond motifs is 3. The van der Waals surface area contributed by atoms with Gasteiger partial charge in [0.2, 0.25) is 0 Å². The maximum atomic E-state index is 4.95. The number of hydrogen-bond acceptors (Lipinski definition) is 4. The van der Waals surface area contributed by atoms with Gasteiger partial charge in [-0.05, 0) is 97.4 Å². The molecule has 0 bridgehead atoms. The molecule has 0 saturated heterocycles. The minimum Gasteiger partial charge on any atom is -0.500 e. The molecule has 7 rings (SSSR count). The number of pyridine rings is 1. The second-order valence-electron chi connectivity index (χ2n) is 21.1. The number of hydrogen-bond donors (Lipinski definition) is 1. The Morgan fingerprint density at radius 2 is 1.07 bits per heavy atom. The average Bonchev–Trinajstić information content (AvgIpc) is 3.73. The average molecular weight is 952 g/mol. The quantitative estimate of drug-likeness (QED) is 0.175. The summed E-state index contributed by atoms with van der Waals surface area (Å²) in [6.45, 7) is 36.2. The van der Waals surface area contributed by atoms with Crippen LogP contribution in [-0.4, -0.2) is 9.55 Å². The molecule has 5 nitrogen and oxygen atoms in total. The van der Waals surface area contributed by atoms with Crippen LogP contribution in [0.2, 0.25) is 0 Å². The van der Waals surface area contributed by atoms with E-state index in [9.17, 15) is 0 Å². The van der Waals surface area contributed by atoms with Gasteiger partial charge in [-0.1, -0.05) is 139 Å². The molecule has 0 aliphatic carbocycles. The van der Waals surface area contributed by atoms with Crippen molar-refractivity contribution >= 4 is 44.6 Å². The van der Waals surface area contributed by atoms with Crippen LogP contribution in [0.15, 0.2) is 91.4 Å². The molecule has 1 aliphatic rings. The van der Waals surface area contributed by atoms with Crippen LogP contribution in [0.3, 0.4) is 0 Å².